The molecule has 1 aromatic rings. The van der Waals surface area contributed by atoms with Crippen molar-refractivity contribution in [3.8, 4) is 0 Å². The van der Waals surface area contributed by atoms with E-state index in [2.05, 4.69) is 5.32 Å². The van der Waals surface area contributed by atoms with E-state index in [1.165, 1.54) is 12.1 Å². The zero-order chi connectivity index (χ0) is 16.0. The summed E-state index contributed by atoms with van der Waals surface area (Å²) in [7, 11) is 0. The molecule has 0 saturated carbocycles. The zero-order valence-corrected chi connectivity index (χ0v) is 11.5. The summed E-state index contributed by atoms with van der Waals surface area (Å²) < 4.78 is 36.4. The predicted octanol–water partition coefficient (Wildman–Crippen LogP) is 2.52. The summed E-state index contributed by atoms with van der Waals surface area (Å²) in [6.07, 6.45) is -4.37. The normalized spacial score (nSPS) is 11.1. The highest BCUT2D eigenvalue weighted by atomic mass is 35.5. The third-order valence-electron chi connectivity index (χ3n) is 2.36. The number of nitrogens with one attached hydrogen (secondary N) is 2. The molecule has 0 fully saturated rings. The zero-order valence-electron chi connectivity index (χ0n) is 10.8. The van der Waals surface area contributed by atoms with Gasteiger partial charge in [-0.3, -0.25) is 9.59 Å². The van der Waals surface area contributed by atoms with E-state index in [9.17, 15) is 22.8 Å². The Balaban J connectivity index is 2.80. The predicted molar refractivity (Wildman–Crippen MR) is 73.1 cm³/mol. The molecule has 116 valence electrons. The first-order valence-electron chi connectivity index (χ1n) is 5.91. The fourth-order valence-electron chi connectivity index (χ4n) is 1.38. The van der Waals surface area contributed by atoms with Gasteiger partial charge >= 0.3 is 12.1 Å². The average molecular weight is 324 g/mol. The lowest BCUT2D eigenvalue weighted by atomic mass is 10.2. The molecule has 0 unspecified atom stereocenters. The molecule has 0 aliphatic heterocycles. The molecule has 2 amide bonds. The average Bonchev–Trinajstić information content (AvgIpc) is 2.39. The van der Waals surface area contributed by atoms with Gasteiger partial charge in [-0.2, -0.15) is 13.2 Å². The van der Waals surface area contributed by atoms with Gasteiger partial charge in [0.1, 0.15) is 0 Å². The lowest BCUT2D eigenvalue weighted by Gasteiger charge is -2.11. The maximum absolute atomic E-state index is 12.1. The molecular formula is C12H13ClF3N3O2. The Morgan fingerprint density at radius 3 is 2.48 bits per heavy atom. The smallest absolute Gasteiger partial charge is 0.330 e. The van der Waals surface area contributed by atoms with Crippen LogP contribution in [0.5, 0.6) is 0 Å². The minimum Gasteiger partial charge on any atom is -0.330 e. The van der Waals surface area contributed by atoms with Gasteiger partial charge in [-0.25, -0.2) is 0 Å². The fourth-order valence-corrected chi connectivity index (χ4v) is 1.54. The number of hydrogen-bond donors (Lipinski definition) is 3. The van der Waals surface area contributed by atoms with Crippen LogP contribution in [0.4, 0.5) is 24.5 Å². The second-order valence-corrected chi connectivity index (χ2v) is 4.49. The summed E-state index contributed by atoms with van der Waals surface area (Å²) in [5.74, 6) is -2.48. The van der Waals surface area contributed by atoms with Crippen molar-refractivity contribution in [2.75, 3.05) is 17.2 Å². The van der Waals surface area contributed by atoms with Crippen LogP contribution in [-0.4, -0.2) is 24.5 Å². The van der Waals surface area contributed by atoms with Gasteiger partial charge in [0.25, 0.3) is 0 Å². The van der Waals surface area contributed by atoms with E-state index in [4.69, 9.17) is 17.3 Å². The monoisotopic (exact) mass is 323 g/mol. The van der Waals surface area contributed by atoms with Crippen LogP contribution < -0.4 is 16.4 Å². The van der Waals surface area contributed by atoms with Gasteiger partial charge in [-0.05, 0) is 31.2 Å². The van der Waals surface area contributed by atoms with Crippen molar-refractivity contribution < 1.29 is 22.8 Å². The standard InChI is InChI=1S/C12H13ClF3N3O2/c13-8-4-3-7(18-11(21)12(14,15)16)6-9(8)19-10(20)2-1-5-17/h3-4,6H,1-2,5,17H2,(H,18,21)(H,19,20). The molecule has 9 heteroatoms. The number of rotatable bonds is 5. The molecular weight excluding hydrogens is 311 g/mol. The molecule has 4 N–H and O–H groups in total. The van der Waals surface area contributed by atoms with Crippen LogP contribution in [-0.2, 0) is 9.59 Å². The van der Waals surface area contributed by atoms with Crippen LogP contribution in [0.2, 0.25) is 5.02 Å². The van der Waals surface area contributed by atoms with Gasteiger partial charge < -0.3 is 16.4 Å². The number of anilines is 2. The van der Waals surface area contributed by atoms with E-state index in [0.29, 0.717) is 13.0 Å². The Bertz CT molecular complexity index is 535. The number of amides is 2. The number of carbonyl (C=O) groups is 2. The van der Waals surface area contributed by atoms with E-state index in [1.54, 1.807) is 5.32 Å². The van der Waals surface area contributed by atoms with Gasteiger partial charge in [-0.15, -0.1) is 0 Å². The highest BCUT2D eigenvalue weighted by Gasteiger charge is 2.38. The van der Waals surface area contributed by atoms with Gasteiger partial charge in [0.2, 0.25) is 5.91 Å². The van der Waals surface area contributed by atoms with E-state index < -0.39 is 12.1 Å². The Labute approximate surface area is 123 Å². The first kappa shape index (κ1) is 17.3. The van der Waals surface area contributed by atoms with Crippen molar-refractivity contribution in [2.24, 2.45) is 5.73 Å². The topological polar surface area (TPSA) is 84.2 Å². The van der Waals surface area contributed by atoms with E-state index in [1.807, 2.05) is 0 Å². The maximum Gasteiger partial charge on any atom is 0.471 e. The van der Waals surface area contributed by atoms with Crippen LogP contribution in [0.15, 0.2) is 18.2 Å². The van der Waals surface area contributed by atoms with Crippen LogP contribution >= 0.6 is 11.6 Å². The fraction of sp³-hybridized carbons (Fsp3) is 0.333. The largest absolute Gasteiger partial charge is 0.471 e. The van der Waals surface area contributed by atoms with Gasteiger partial charge in [0.15, 0.2) is 0 Å². The lowest BCUT2D eigenvalue weighted by molar-refractivity contribution is -0.167. The van der Waals surface area contributed by atoms with Gasteiger partial charge in [-0.1, -0.05) is 11.6 Å². The summed E-state index contributed by atoms with van der Waals surface area (Å²) in [4.78, 5) is 22.3. The van der Waals surface area contributed by atoms with Gasteiger partial charge in [0, 0.05) is 12.1 Å². The number of nitrogens with two attached hydrogens (primary N) is 1. The number of halogens is 4. The molecule has 0 aromatic heterocycles. The quantitative estimate of drug-likeness (QED) is 0.778. The molecule has 0 spiro atoms. The van der Waals surface area contributed by atoms with Crippen molar-refractivity contribution in [1.82, 2.24) is 0 Å². The Kier molecular flexibility index (Phi) is 5.98. The third-order valence-corrected chi connectivity index (χ3v) is 2.69. The number of hydrogen-bond acceptors (Lipinski definition) is 3. The van der Waals surface area contributed by atoms with Crippen molar-refractivity contribution in [2.45, 2.75) is 19.0 Å². The number of carbonyl (C=O) groups excluding carboxylic acids is 2. The lowest BCUT2D eigenvalue weighted by Crippen LogP contribution is -2.29. The molecule has 5 nitrogen and oxygen atoms in total. The van der Waals surface area contributed by atoms with Crippen LogP contribution in [0.25, 0.3) is 0 Å². The van der Waals surface area contributed by atoms with Crippen molar-refractivity contribution in [3.05, 3.63) is 23.2 Å². The number of benzene rings is 1. The summed E-state index contributed by atoms with van der Waals surface area (Å²) in [5, 5.41) is 4.25. The molecule has 0 radical (unpaired) electrons. The molecule has 0 bridgehead atoms. The molecule has 0 aliphatic rings. The van der Waals surface area contributed by atoms with Crippen molar-refractivity contribution >= 4 is 34.8 Å². The molecule has 1 rings (SSSR count). The van der Waals surface area contributed by atoms with Crippen LogP contribution in [0.3, 0.4) is 0 Å². The molecule has 0 heterocycles. The van der Waals surface area contributed by atoms with E-state index in [-0.39, 0.29) is 28.7 Å². The second kappa shape index (κ2) is 7.28. The minimum absolute atomic E-state index is 0.110. The highest BCUT2D eigenvalue weighted by molar-refractivity contribution is 6.33. The van der Waals surface area contributed by atoms with Gasteiger partial charge in [0.05, 0.1) is 10.7 Å². The Morgan fingerprint density at radius 2 is 1.90 bits per heavy atom. The SMILES string of the molecule is NCCCC(=O)Nc1cc(NC(=O)C(F)(F)F)ccc1Cl. The maximum atomic E-state index is 12.1. The van der Waals surface area contributed by atoms with E-state index in [0.717, 1.165) is 6.07 Å². The molecule has 0 atom stereocenters. The van der Waals surface area contributed by atoms with Crippen LogP contribution in [0.1, 0.15) is 12.8 Å². The summed E-state index contributed by atoms with van der Waals surface area (Å²) >= 11 is 5.83. The summed E-state index contributed by atoms with van der Waals surface area (Å²) in [6, 6.07) is 3.61. The first-order valence-corrected chi connectivity index (χ1v) is 6.29. The summed E-state index contributed by atoms with van der Waals surface area (Å²) in [6.45, 7) is 0.336. The highest BCUT2D eigenvalue weighted by Crippen LogP contribution is 2.27. The first-order chi connectivity index (χ1) is 9.74. The Morgan fingerprint density at radius 1 is 1.24 bits per heavy atom. The van der Waals surface area contributed by atoms with Crippen molar-refractivity contribution in [3.63, 3.8) is 0 Å². The third kappa shape index (κ3) is 5.60. The summed E-state index contributed by atoms with van der Waals surface area (Å²) in [5.41, 5.74) is 5.24. The van der Waals surface area contributed by atoms with E-state index >= 15 is 0 Å². The second-order valence-electron chi connectivity index (χ2n) is 4.09. The Hall–Kier alpha value is -1.80. The molecule has 0 saturated heterocycles. The number of alkyl halides is 3. The molecule has 0 aliphatic carbocycles. The molecule has 1 aromatic carbocycles. The van der Waals surface area contributed by atoms with Crippen LogP contribution in [0, 0.1) is 0 Å². The van der Waals surface area contributed by atoms with Crippen molar-refractivity contribution in [1.29, 1.82) is 0 Å². The molecule has 21 heavy (non-hydrogen) atoms. The minimum atomic E-state index is -5.00.